The van der Waals surface area contributed by atoms with Crippen molar-refractivity contribution in [2.75, 3.05) is 46.3 Å². The summed E-state index contributed by atoms with van der Waals surface area (Å²) in [6, 6.07) is 18.3. The minimum Gasteiger partial charge on any atom is -0.465 e. The highest BCUT2D eigenvalue weighted by Crippen LogP contribution is 2.34. The van der Waals surface area contributed by atoms with Crippen molar-refractivity contribution in [1.29, 1.82) is 10.5 Å². The van der Waals surface area contributed by atoms with E-state index in [2.05, 4.69) is 51.2 Å². The summed E-state index contributed by atoms with van der Waals surface area (Å²) in [7, 11) is 1.25. The van der Waals surface area contributed by atoms with Gasteiger partial charge in [0.1, 0.15) is 23.9 Å². The van der Waals surface area contributed by atoms with Gasteiger partial charge in [-0.2, -0.15) is 10.5 Å². The van der Waals surface area contributed by atoms with E-state index >= 15 is 0 Å². The van der Waals surface area contributed by atoms with Crippen LogP contribution in [0.3, 0.4) is 0 Å². The number of nitrogen functional groups attached to an aromatic ring is 2. The fourth-order valence-electron chi connectivity index (χ4n) is 6.10. The lowest BCUT2D eigenvalue weighted by Crippen LogP contribution is -2.39. The normalized spacial score (nSPS) is 11.3. The molecule has 0 saturated heterocycles. The van der Waals surface area contributed by atoms with Crippen LogP contribution < -0.4 is 26.6 Å². The van der Waals surface area contributed by atoms with Crippen LogP contribution in [0.5, 0.6) is 0 Å². The largest absolute Gasteiger partial charge is 0.465 e. The lowest BCUT2D eigenvalue weighted by Gasteiger charge is -2.30. The molecular formula is C42H56N12O5. The van der Waals surface area contributed by atoms with Gasteiger partial charge >= 0.3 is 11.7 Å². The van der Waals surface area contributed by atoms with Gasteiger partial charge in [0.25, 0.3) is 0 Å². The van der Waals surface area contributed by atoms with Crippen molar-refractivity contribution in [2.24, 2.45) is 0 Å². The summed E-state index contributed by atoms with van der Waals surface area (Å²) < 4.78 is 10.8. The van der Waals surface area contributed by atoms with Gasteiger partial charge in [0.2, 0.25) is 17.5 Å². The third-order valence-corrected chi connectivity index (χ3v) is 8.78. The van der Waals surface area contributed by atoms with Crippen molar-refractivity contribution in [3.8, 4) is 12.1 Å². The Balaban J connectivity index is 0.000000395. The molecule has 17 nitrogen and oxygen atoms in total. The molecule has 1 aliphatic rings. The monoisotopic (exact) mass is 809 g/mol. The molecule has 1 amide bonds. The van der Waals surface area contributed by atoms with Crippen molar-refractivity contribution in [3.05, 3.63) is 92.5 Å². The van der Waals surface area contributed by atoms with Crippen LogP contribution in [0, 0.1) is 32.8 Å². The average Bonchev–Trinajstić information content (AvgIpc) is 3.22. The first-order valence-corrected chi connectivity index (χ1v) is 18.9. The fraction of sp³-hybridized carbons (Fsp3) is 0.429. The molecule has 17 heteroatoms. The summed E-state index contributed by atoms with van der Waals surface area (Å²) in [5.41, 5.74) is 14.6. The number of carbonyl (C=O) groups is 2. The van der Waals surface area contributed by atoms with E-state index in [1.807, 2.05) is 23.1 Å². The molecule has 1 aliphatic heterocycles. The van der Waals surface area contributed by atoms with Crippen molar-refractivity contribution >= 4 is 46.5 Å². The van der Waals surface area contributed by atoms with Gasteiger partial charge in [0, 0.05) is 27.3 Å². The van der Waals surface area contributed by atoms with Crippen LogP contribution in [-0.4, -0.2) is 56.4 Å². The third kappa shape index (κ3) is 13.9. The highest BCUT2D eigenvalue weighted by Gasteiger charge is 2.30. The number of ether oxygens (including phenoxy) is 1. The number of benzene rings is 2. The Morgan fingerprint density at radius 2 is 1.51 bits per heavy atom. The number of anilines is 5. The minimum absolute atomic E-state index is 0. The Bertz CT molecular complexity index is 2140. The summed E-state index contributed by atoms with van der Waals surface area (Å²) in [6.07, 6.45) is 7.29. The van der Waals surface area contributed by atoms with Crippen molar-refractivity contribution in [3.63, 3.8) is 0 Å². The van der Waals surface area contributed by atoms with Gasteiger partial charge in [0.05, 0.1) is 41.3 Å². The molecule has 0 radical (unpaired) electrons. The van der Waals surface area contributed by atoms with Gasteiger partial charge in [-0.3, -0.25) is 19.7 Å². The van der Waals surface area contributed by atoms with Gasteiger partial charge in [-0.1, -0.05) is 78.6 Å². The molecule has 0 aliphatic carbocycles. The standard InChI is InChI=1S/C21H26N6O4.C19H22N6O.2CH4/c1-3-5-6-10-17-24-20(23)19(27(29)30)21(25-17)26(14-18(28)31-4-2)13-16-9-7-8-15(11-16)12-22;1-2-3-4-8-15-22-18(21)17-19(23-15)25(12-16(26)24-17)11-14-7-5-6-13(9-14)10-20;;/h7-9,11H,3-6,10,13-14H2,1-2H3,(H2,23,24,25);5-7,9H,2-4,8,11-12H2,1H3,(H,24,26)(H2,21,22,23);2*1H4/i;;1D;. The number of unbranched alkanes of at least 4 members (excludes halogenated alkanes) is 4. The quantitative estimate of drug-likeness (QED) is 0.0418. The Hall–Kier alpha value is -6.88. The number of rotatable bonds is 17. The molecule has 5 rings (SSSR count). The van der Waals surface area contributed by atoms with E-state index in [0.717, 1.165) is 50.5 Å². The van der Waals surface area contributed by atoms with Crippen LogP contribution in [0.4, 0.5) is 34.6 Å². The highest BCUT2D eigenvalue weighted by molar-refractivity contribution is 6.03. The van der Waals surface area contributed by atoms with Gasteiger partial charge < -0.3 is 31.3 Å². The zero-order valence-electron chi connectivity index (χ0n) is 34.5. The lowest BCUT2D eigenvalue weighted by atomic mass is 10.1. The van der Waals surface area contributed by atoms with Crippen molar-refractivity contribution in [1.82, 2.24) is 19.9 Å². The third-order valence-electron chi connectivity index (χ3n) is 8.78. The molecule has 59 heavy (non-hydrogen) atoms. The molecule has 0 fully saturated rings. The second-order valence-corrected chi connectivity index (χ2v) is 13.3. The van der Waals surface area contributed by atoms with E-state index < -0.39 is 16.6 Å². The zero-order chi connectivity index (χ0) is 43.3. The number of aryl methyl sites for hydroxylation is 2. The minimum atomic E-state index is -0.648. The molecule has 0 bridgehead atoms. The number of nitrogens with one attached hydrogen (secondary N) is 1. The van der Waals surface area contributed by atoms with Gasteiger partial charge in [-0.25, -0.2) is 19.9 Å². The molecule has 0 atom stereocenters. The molecule has 0 unspecified atom stereocenters. The Morgan fingerprint density at radius 3 is 2.08 bits per heavy atom. The van der Waals surface area contributed by atoms with E-state index in [1.54, 1.807) is 37.3 Å². The molecule has 2 aromatic carbocycles. The predicted octanol–water partition coefficient (Wildman–Crippen LogP) is 7.04. The second-order valence-electron chi connectivity index (χ2n) is 13.3. The highest BCUT2D eigenvalue weighted by atomic mass is 16.6. The number of aromatic nitrogens is 4. The number of esters is 1. The van der Waals surface area contributed by atoms with Gasteiger partial charge in [-0.05, 0) is 55.2 Å². The van der Waals surface area contributed by atoms with Crippen LogP contribution in [0.1, 0.15) is 109 Å². The van der Waals surface area contributed by atoms with Crippen LogP contribution in [0.25, 0.3) is 0 Å². The number of nitro groups is 1. The summed E-state index contributed by atoms with van der Waals surface area (Å²) in [5, 5.41) is 32.8. The Labute approximate surface area is 348 Å². The number of amides is 1. The smallest absolute Gasteiger partial charge is 0.353 e. The number of nitriles is 2. The maximum absolute atomic E-state index is 12.2. The lowest BCUT2D eigenvalue weighted by molar-refractivity contribution is -0.383. The number of fused-ring (bicyclic) bond motifs is 1. The molecule has 5 N–H and O–H groups in total. The van der Waals surface area contributed by atoms with E-state index in [0.29, 0.717) is 58.6 Å². The Morgan fingerprint density at radius 1 is 0.932 bits per heavy atom. The SMILES string of the molecule is C.CCCCCc1nc(N)c([N+](=O)[O-])c(N(CC(=O)OCC)Cc2cccc(C#N)c2)n1.CCCCCc1nc(N)c2c(n1)N(Cc1cccc(C#N)c1)CC(=O)N2.[2H]C. The summed E-state index contributed by atoms with van der Waals surface area (Å²) in [4.78, 5) is 56.2. The van der Waals surface area contributed by atoms with E-state index in [9.17, 15) is 19.7 Å². The first kappa shape index (κ1) is 46.5. The van der Waals surface area contributed by atoms with Gasteiger partial charge in [-0.15, -0.1) is 0 Å². The first-order chi connectivity index (χ1) is 28.5. The Kier molecular flexibility index (Phi) is 18.9. The molecule has 2 aromatic heterocycles. The number of nitrogens with two attached hydrogens (primary N) is 2. The van der Waals surface area contributed by atoms with Crippen LogP contribution >= 0.6 is 0 Å². The van der Waals surface area contributed by atoms with E-state index in [1.165, 1.54) is 12.3 Å². The summed E-state index contributed by atoms with van der Waals surface area (Å²) >= 11 is 0. The average molecular weight is 810 g/mol. The van der Waals surface area contributed by atoms with Crippen molar-refractivity contribution < 1.29 is 20.6 Å². The molecule has 314 valence electrons. The number of nitrogens with zero attached hydrogens (tertiary/aromatic N) is 9. The molecule has 0 saturated carbocycles. The second kappa shape index (κ2) is 24.0. The predicted molar refractivity (Wildman–Crippen MR) is 229 cm³/mol. The molecule has 3 heterocycles. The van der Waals surface area contributed by atoms with Crippen LogP contribution in [0.15, 0.2) is 48.5 Å². The van der Waals surface area contributed by atoms with E-state index in [-0.39, 0.29) is 51.2 Å². The first-order valence-electron chi connectivity index (χ1n) is 19.9. The fourth-order valence-corrected chi connectivity index (χ4v) is 6.10. The summed E-state index contributed by atoms with van der Waals surface area (Å²) in [5.74, 6) is 1.02. The number of hydrogen-bond donors (Lipinski definition) is 3. The van der Waals surface area contributed by atoms with Gasteiger partial charge in [0.15, 0.2) is 11.6 Å². The molecule has 0 spiro atoms. The summed E-state index contributed by atoms with van der Waals surface area (Å²) in [6.45, 7) is 6.55. The zero-order valence-corrected chi connectivity index (χ0v) is 33.5. The van der Waals surface area contributed by atoms with Crippen LogP contribution in [0.2, 0.25) is 0 Å². The number of carbonyl (C=O) groups excluding carboxylic acids is 2. The maximum Gasteiger partial charge on any atom is 0.353 e. The number of hydrogen-bond acceptors (Lipinski definition) is 15. The van der Waals surface area contributed by atoms with E-state index in [4.69, 9.17) is 28.1 Å². The van der Waals surface area contributed by atoms with Crippen LogP contribution in [-0.2, 0) is 40.3 Å². The topological polar surface area (TPSA) is 256 Å². The molecular weight excluding hydrogens is 753 g/mol. The molecule has 4 aromatic rings. The van der Waals surface area contributed by atoms with Crippen molar-refractivity contribution in [2.45, 2.75) is 100 Å². The maximum atomic E-state index is 12.2.